The predicted octanol–water partition coefficient (Wildman–Crippen LogP) is 2.03. The van der Waals surface area contributed by atoms with Crippen LogP contribution in [0.4, 0.5) is 0 Å². The Balaban J connectivity index is 1.79. The zero-order valence-electron chi connectivity index (χ0n) is 13.0. The van der Waals surface area contributed by atoms with Crippen molar-refractivity contribution < 1.29 is 9.52 Å². The van der Waals surface area contributed by atoms with Gasteiger partial charge in [-0.3, -0.25) is 4.99 Å². The van der Waals surface area contributed by atoms with Crippen LogP contribution in [-0.4, -0.2) is 17.0 Å². The van der Waals surface area contributed by atoms with Crippen molar-refractivity contribution in [3.05, 3.63) is 63.7 Å². The molecule has 23 heavy (non-hydrogen) atoms. The van der Waals surface area contributed by atoms with E-state index in [4.69, 9.17) is 4.42 Å². The third-order valence-electron chi connectivity index (χ3n) is 3.85. The van der Waals surface area contributed by atoms with Crippen LogP contribution in [0.2, 0.25) is 0 Å². The molecule has 0 radical (unpaired) electrons. The molecule has 2 atom stereocenters. The number of benzene rings is 1. The van der Waals surface area contributed by atoms with Gasteiger partial charge in [0.1, 0.15) is 23.2 Å². The summed E-state index contributed by atoms with van der Waals surface area (Å²) in [7, 11) is 0. The number of nitrogens with zero attached hydrogens (tertiary/aromatic N) is 1. The quantitative estimate of drug-likeness (QED) is 0.755. The maximum absolute atomic E-state index is 11.9. The van der Waals surface area contributed by atoms with Crippen molar-refractivity contribution in [3.63, 3.8) is 0 Å². The predicted molar refractivity (Wildman–Crippen MR) is 87.5 cm³/mol. The molecule has 6 heteroatoms. The number of aromatic hydroxyl groups is 1. The lowest BCUT2D eigenvalue weighted by atomic mass is 10.0. The van der Waals surface area contributed by atoms with Crippen molar-refractivity contribution in [1.82, 2.24) is 10.9 Å². The van der Waals surface area contributed by atoms with Crippen molar-refractivity contribution in [2.75, 3.05) is 0 Å². The molecule has 2 heterocycles. The van der Waals surface area contributed by atoms with Gasteiger partial charge in [-0.15, -0.1) is 0 Å². The third-order valence-corrected chi connectivity index (χ3v) is 3.85. The van der Waals surface area contributed by atoms with E-state index in [0.717, 1.165) is 6.42 Å². The standard InChI is InChI=1S/C17H19N3O3/c1-10-8-14(21)16(17(22)23-10)11(2)18-15-9-13(19-20-15)12-6-4-3-5-7-12/h3-8,13,15,19-21H,9H2,1-2H3/b18-11+. The van der Waals surface area contributed by atoms with Gasteiger partial charge < -0.3 is 9.52 Å². The second-order valence-corrected chi connectivity index (χ2v) is 5.62. The molecule has 0 amide bonds. The molecule has 1 saturated heterocycles. The van der Waals surface area contributed by atoms with Gasteiger partial charge in [-0.25, -0.2) is 15.6 Å². The molecule has 3 rings (SSSR count). The summed E-state index contributed by atoms with van der Waals surface area (Å²) in [6.45, 7) is 3.31. The summed E-state index contributed by atoms with van der Waals surface area (Å²) in [6.07, 6.45) is 0.569. The van der Waals surface area contributed by atoms with Crippen LogP contribution in [0.5, 0.6) is 5.75 Å². The fourth-order valence-electron chi connectivity index (χ4n) is 2.75. The van der Waals surface area contributed by atoms with Gasteiger partial charge in [0.05, 0.1) is 5.71 Å². The molecular formula is C17H19N3O3. The van der Waals surface area contributed by atoms with Crippen molar-refractivity contribution in [2.45, 2.75) is 32.5 Å². The number of hydrazine groups is 1. The fourth-order valence-corrected chi connectivity index (χ4v) is 2.75. The molecule has 1 fully saturated rings. The van der Waals surface area contributed by atoms with Gasteiger partial charge in [0, 0.05) is 18.5 Å². The van der Waals surface area contributed by atoms with E-state index >= 15 is 0 Å². The van der Waals surface area contributed by atoms with Crippen molar-refractivity contribution in [1.29, 1.82) is 0 Å². The number of rotatable bonds is 3. The number of nitrogens with one attached hydrogen (secondary N) is 2. The largest absolute Gasteiger partial charge is 0.507 e. The minimum Gasteiger partial charge on any atom is -0.507 e. The summed E-state index contributed by atoms with van der Waals surface area (Å²) >= 11 is 0. The molecule has 1 aromatic heterocycles. The first kappa shape index (κ1) is 15.5. The second-order valence-electron chi connectivity index (χ2n) is 5.62. The highest BCUT2D eigenvalue weighted by Crippen LogP contribution is 2.23. The number of aryl methyl sites for hydroxylation is 1. The summed E-state index contributed by atoms with van der Waals surface area (Å²) in [5.74, 6) is 0.263. The molecule has 3 N–H and O–H groups in total. The lowest BCUT2D eigenvalue weighted by molar-refractivity contribution is 0.432. The first-order valence-electron chi connectivity index (χ1n) is 7.49. The van der Waals surface area contributed by atoms with Crippen molar-refractivity contribution in [3.8, 4) is 5.75 Å². The molecule has 0 bridgehead atoms. The summed E-state index contributed by atoms with van der Waals surface area (Å²) < 4.78 is 5.03. The molecule has 0 saturated carbocycles. The van der Waals surface area contributed by atoms with Crippen LogP contribution in [-0.2, 0) is 0 Å². The minimum absolute atomic E-state index is 0.106. The Kier molecular flexibility index (Phi) is 4.27. The molecule has 0 aliphatic carbocycles. The number of hydrogen-bond donors (Lipinski definition) is 3. The van der Waals surface area contributed by atoms with Gasteiger partial charge in [0.15, 0.2) is 0 Å². The molecular weight excluding hydrogens is 294 g/mol. The van der Waals surface area contributed by atoms with E-state index in [1.807, 2.05) is 18.2 Å². The lowest BCUT2D eigenvalue weighted by Crippen LogP contribution is -2.30. The molecule has 0 spiro atoms. The van der Waals surface area contributed by atoms with E-state index in [1.54, 1.807) is 13.8 Å². The van der Waals surface area contributed by atoms with Gasteiger partial charge in [-0.1, -0.05) is 30.3 Å². The van der Waals surface area contributed by atoms with E-state index < -0.39 is 5.63 Å². The molecule has 1 aromatic carbocycles. The van der Waals surface area contributed by atoms with Crippen LogP contribution in [0.3, 0.4) is 0 Å². The second kappa shape index (κ2) is 6.36. The van der Waals surface area contributed by atoms with Gasteiger partial charge in [-0.05, 0) is 19.4 Å². The van der Waals surface area contributed by atoms with Gasteiger partial charge in [0.25, 0.3) is 0 Å². The van der Waals surface area contributed by atoms with Crippen LogP contribution in [0.1, 0.15) is 36.3 Å². The average molecular weight is 313 g/mol. The van der Waals surface area contributed by atoms with Crippen LogP contribution in [0.25, 0.3) is 0 Å². The summed E-state index contributed by atoms with van der Waals surface area (Å²) in [5, 5.41) is 9.97. The molecule has 120 valence electrons. The normalized spacial score (nSPS) is 21.6. The summed E-state index contributed by atoms with van der Waals surface area (Å²) in [4.78, 5) is 16.4. The van der Waals surface area contributed by atoms with Crippen LogP contribution in [0, 0.1) is 6.92 Å². The monoisotopic (exact) mass is 313 g/mol. The Hall–Kier alpha value is -2.44. The van der Waals surface area contributed by atoms with E-state index in [1.165, 1.54) is 11.6 Å². The number of aliphatic imine (C=N–C) groups is 1. The molecule has 2 unspecified atom stereocenters. The van der Waals surface area contributed by atoms with Crippen LogP contribution in [0.15, 0.2) is 50.6 Å². The zero-order valence-corrected chi connectivity index (χ0v) is 13.0. The minimum atomic E-state index is -0.575. The first-order valence-corrected chi connectivity index (χ1v) is 7.49. The molecule has 2 aromatic rings. The summed E-state index contributed by atoms with van der Waals surface area (Å²) in [5.41, 5.74) is 7.46. The van der Waals surface area contributed by atoms with Crippen LogP contribution < -0.4 is 16.5 Å². The van der Waals surface area contributed by atoms with E-state index in [9.17, 15) is 9.90 Å². The molecule has 6 nitrogen and oxygen atoms in total. The maximum atomic E-state index is 11.9. The molecule has 1 aliphatic heterocycles. The highest BCUT2D eigenvalue weighted by molar-refractivity contribution is 6.00. The van der Waals surface area contributed by atoms with Crippen molar-refractivity contribution in [2.24, 2.45) is 4.99 Å². The van der Waals surface area contributed by atoms with E-state index in [-0.39, 0.29) is 23.5 Å². The van der Waals surface area contributed by atoms with Gasteiger partial charge in [0.2, 0.25) is 0 Å². The zero-order chi connectivity index (χ0) is 16.4. The Bertz CT molecular complexity index is 783. The lowest BCUT2D eigenvalue weighted by Gasteiger charge is -2.08. The van der Waals surface area contributed by atoms with Crippen molar-refractivity contribution >= 4 is 5.71 Å². The molecule has 1 aliphatic rings. The highest BCUT2D eigenvalue weighted by atomic mass is 16.4. The average Bonchev–Trinajstić information content (AvgIpc) is 2.95. The van der Waals surface area contributed by atoms with E-state index in [0.29, 0.717) is 11.5 Å². The Morgan fingerprint density at radius 3 is 2.74 bits per heavy atom. The fraction of sp³-hybridized carbons (Fsp3) is 0.294. The first-order chi connectivity index (χ1) is 11.0. The summed E-state index contributed by atoms with van der Waals surface area (Å²) in [6, 6.07) is 11.6. The Morgan fingerprint density at radius 1 is 1.30 bits per heavy atom. The van der Waals surface area contributed by atoms with Crippen LogP contribution >= 0.6 is 0 Å². The maximum Gasteiger partial charge on any atom is 0.348 e. The van der Waals surface area contributed by atoms with Gasteiger partial charge in [-0.2, -0.15) is 0 Å². The topological polar surface area (TPSA) is 86.9 Å². The Labute approximate surface area is 133 Å². The Morgan fingerprint density at radius 2 is 2.04 bits per heavy atom. The number of hydrogen-bond acceptors (Lipinski definition) is 6. The van der Waals surface area contributed by atoms with Gasteiger partial charge >= 0.3 is 5.63 Å². The smallest absolute Gasteiger partial charge is 0.348 e. The van der Waals surface area contributed by atoms with E-state index in [2.05, 4.69) is 28.0 Å². The SMILES string of the molecule is C/C(=N\C1CC(c2ccccc2)NN1)c1c(O)cc(C)oc1=O. The highest BCUT2D eigenvalue weighted by Gasteiger charge is 2.25. The third kappa shape index (κ3) is 3.33.